The number of carbonyl (C=O) groups is 1. The Morgan fingerprint density at radius 2 is 2.10 bits per heavy atom. The molecule has 3 rings (SSSR count). The molecule has 0 fully saturated rings. The van der Waals surface area contributed by atoms with Crippen LogP contribution in [-0.4, -0.2) is 26.1 Å². The fourth-order valence-corrected chi connectivity index (χ4v) is 4.23. The summed E-state index contributed by atoms with van der Waals surface area (Å²) in [6, 6.07) is 7.63. The largest absolute Gasteiger partial charge is 0.493 e. The topological polar surface area (TPSA) is 92.7 Å². The van der Waals surface area contributed by atoms with Crippen LogP contribution in [0, 0.1) is 0 Å². The van der Waals surface area contributed by atoms with Gasteiger partial charge in [-0.3, -0.25) is 4.72 Å². The van der Waals surface area contributed by atoms with Crippen LogP contribution in [-0.2, 0) is 16.4 Å². The molecule has 1 aliphatic rings. The van der Waals surface area contributed by atoms with Crippen molar-refractivity contribution in [2.24, 2.45) is 0 Å². The maximum absolute atomic E-state index is 12.2. The third kappa shape index (κ3) is 2.72. The first-order chi connectivity index (χ1) is 9.95. The number of ether oxygens (including phenoxy) is 1. The minimum atomic E-state index is -3.78. The highest BCUT2D eigenvalue weighted by Crippen LogP contribution is 2.30. The van der Waals surface area contributed by atoms with Crippen LogP contribution >= 0.6 is 11.3 Å². The normalized spacial score (nSPS) is 13.5. The molecule has 0 saturated heterocycles. The quantitative estimate of drug-likeness (QED) is 0.899. The molecule has 110 valence electrons. The van der Waals surface area contributed by atoms with Gasteiger partial charge in [0.25, 0.3) is 10.0 Å². The Balaban J connectivity index is 1.87. The molecule has 0 unspecified atom stereocenters. The van der Waals surface area contributed by atoms with Gasteiger partial charge in [-0.05, 0) is 35.9 Å². The summed E-state index contributed by atoms with van der Waals surface area (Å²) < 4.78 is 32.2. The van der Waals surface area contributed by atoms with E-state index in [2.05, 4.69) is 4.72 Å². The average Bonchev–Trinajstić information content (AvgIpc) is 3.07. The highest BCUT2D eigenvalue weighted by molar-refractivity contribution is 7.94. The van der Waals surface area contributed by atoms with Crippen molar-refractivity contribution in [3.63, 3.8) is 0 Å². The third-order valence-electron chi connectivity index (χ3n) is 3.00. The molecule has 0 bridgehead atoms. The smallest absolute Gasteiger partial charge is 0.345 e. The number of carboxylic acid groups (broad SMARTS) is 1. The van der Waals surface area contributed by atoms with Gasteiger partial charge in [-0.25, -0.2) is 13.2 Å². The zero-order valence-electron chi connectivity index (χ0n) is 10.7. The van der Waals surface area contributed by atoms with E-state index in [1.807, 2.05) is 0 Å². The van der Waals surface area contributed by atoms with Gasteiger partial charge in [0.1, 0.15) is 14.8 Å². The van der Waals surface area contributed by atoms with E-state index in [0.717, 1.165) is 29.1 Å². The zero-order valence-corrected chi connectivity index (χ0v) is 12.3. The Kier molecular flexibility index (Phi) is 3.34. The van der Waals surface area contributed by atoms with Gasteiger partial charge in [0.2, 0.25) is 0 Å². The Bertz CT molecular complexity index is 810. The number of benzene rings is 1. The van der Waals surface area contributed by atoms with Crippen molar-refractivity contribution in [3.05, 3.63) is 40.8 Å². The fourth-order valence-electron chi connectivity index (χ4n) is 2.04. The molecule has 0 atom stereocenters. The van der Waals surface area contributed by atoms with Crippen molar-refractivity contribution in [2.75, 3.05) is 11.3 Å². The SMILES string of the molecule is O=C(O)c1ccc(S(=O)(=O)Nc2ccc3c(c2)CCO3)s1. The number of rotatable bonds is 4. The van der Waals surface area contributed by atoms with Gasteiger partial charge in [0.15, 0.2) is 0 Å². The van der Waals surface area contributed by atoms with E-state index in [9.17, 15) is 13.2 Å². The molecular formula is C13H11NO5S2. The number of nitrogens with one attached hydrogen (secondary N) is 1. The van der Waals surface area contributed by atoms with E-state index < -0.39 is 16.0 Å². The van der Waals surface area contributed by atoms with E-state index >= 15 is 0 Å². The Morgan fingerprint density at radius 3 is 2.81 bits per heavy atom. The summed E-state index contributed by atoms with van der Waals surface area (Å²) in [5.74, 6) is -0.377. The summed E-state index contributed by atoms with van der Waals surface area (Å²) in [6.07, 6.45) is 0.743. The van der Waals surface area contributed by atoms with Crippen molar-refractivity contribution in [2.45, 2.75) is 10.6 Å². The highest BCUT2D eigenvalue weighted by Gasteiger charge is 2.20. The monoisotopic (exact) mass is 325 g/mol. The van der Waals surface area contributed by atoms with Gasteiger partial charge in [0.05, 0.1) is 6.61 Å². The first kappa shape index (κ1) is 13.9. The third-order valence-corrected chi connectivity index (χ3v) is 5.95. The van der Waals surface area contributed by atoms with E-state index in [1.54, 1.807) is 18.2 Å². The molecule has 1 aliphatic heterocycles. The van der Waals surface area contributed by atoms with Crippen LogP contribution in [0.15, 0.2) is 34.5 Å². The van der Waals surface area contributed by atoms with Gasteiger partial charge in [-0.1, -0.05) is 0 Å². The van der Waals surface area contributed by atoms with Crippen molar-refractivity contribution in [3.8, 4) is 5.75 Å². The Labute approximate surface area is 125 Å². The number of sulfonamides is 1. The van der Waals surface area contributed by atoms with Crippen LogP contribution in [0.4, 0.5) is 5.69 Å². The molecule has 0 aliphatic carbocycles. The number of carboxylic acids is 1. The first-order valence-corrected chi connectivity index (χ1v) is 8.37. The number of thiophene rings is 1. The molecule has 2 N–H and O–H groups in total. The van der Waals surface area contributed by atoms with Crippen LogP contribution in [0.5, 0.6) is 5.75 Å². The van der Waals surface area contributed by atoms with Crippen molar-refractivity contribution in [1.29, 1.82) is 0 Å². The maximum atomic E-state index is 12.2. The van der Waals surface area contributed by atoms with Crippen LogP contribution in [0.2, 0.25) is 0 Å². The van der Waals surface area contributed by atoms with Gasteiger partial charge >= 0.3 is 5.97 Å². The lowest BCUT2D eigenvalue weighted by molar-refractivity contribution is 0.0702. The molecule has 1 aromatic heterocycles. The minimum Gasteiger partial charge on any atom is -0.493 e. The number of aromatic carboxylic acids is 1. The van der Waals surface area contributed by atoms with Crippen LogP contribution in [0.3, 0.4) is 0 Å². The van der Waals surface area contributed by atoms with Gasteiger partial charge < -0.3 is 9.84 Å². The summed E-state index contributed by atoms with van der Waals surface area (Å²) in [5, 5.41) is 8.84. The zero-order chi connectivity index (χ0) is 15.0. The molecule has 0 spiro atoms. The lowest BCUT2D eigenvalue weighted by Crippen LogP contribution is -2.11. The van der Waals surface area contributed by atoms with E-state index in [0.29, 0.717) is 12.3 Å². The molecule has 2 aromatic rings. The molecule has 8 heteroatoms. The van der Waals surface area contributed by atoms with Crippen LogP contribution in [0.25, 0.3) is 0 Å². The predicted molar refractivity (Wildman–Crippen MR) is 77.7 cm³/mol. The molecule has 0 saturated carbocycles. The van der Waals surface area contributed by atoms with Crippen LogP contribution in [0.1, 0.15) is 15.2 Å². The second-order valence-corrected chi connectivity index (χ2v) is 7.44. The molecule has 1 aromatic carbocycles. The second-order valence-electron chi connectivity index (χ2n) is 4.45. The molecular weight excluding hydrogens is 314 g/mol. The van der Waals surface area contributed by atoms with E-state index in [1.165, 1.54) is 12.1 Å². The molecule has 2 heterocycles. The maximum Gasteiger partial charge on any atom is 0.345 e. The lowest BCUT2D eigenvalue weighted by Gasteiger charge is -2.07. The van der Waals surface area contributed by atoms with Gasteiger partial charge in [0, 0.05) is 12.1 Å². The molecule has 0 amide bonds. The first-order valence-electron chi connectivity index (χ1n) is 6.07. The standard InChI is InChI=1S/C13H11NO5S2/c15-13(16)11-3-4-12(20-11)21(17,18)14-9-1-2-10-8(7-9)5-6-19-10/h1-4,7,14H,5-6H2,(H,15,16). The fraction of sp³-hybridized carbons (Fsp3) is 0.154. The number of fused-ring (bicyclic) bond motifs is 1. The van der Waals surface area contributed by atoms with Crippen molar-refractivity contribution < 1.29 is 23.1 Å². The molecule has 0 radical (unpaired) electrons. The summed E-state index contributed by atoms with van der Waals surface area (Å²) in [6.45, 7) is 0.596. The van der Waals surface area contributed by atoms with E-state index in [-0.39, 0.29) is 9.09 Å². The van der Waals surface area contributed by atoms with E-state index in [4.69, 9.17) is 9.84 Å². The van der Waals surface area contributed by atoms with Crippen LogP contribution < -0.4 is 9.46 Å². The Morgan fingerprint density at radius 1 is 1.29 bits per heavy atom. The van der Waals surface area contributed by atoms with Crippen molar-refractivity contribution in [1.82, 2.24) is 0 Å². The average molecular weight is 325 g/mol. The lowest BCUT2D eigenvalue weighted by atomic mass is 10.1. The predicted octanol–water partition coefficient (Wildman–Crippen LogP) is 2.18. The number of anilines is 1. The molecule has 21 heavy (non-hydrogen) atoms. The number of hydrogen-bond acceptors (Lipinski definition) is 5. The summed E-state index contributed by atoms with van der Waals surface area (Å²) in [5.41, 5.74) is 1.39. The second kappa shape index (κ2) is 5.05. The molecule has 6 nitrogen and oxygen atoms in total. The summed E-state index contributed by atoms with van der Waals surface area (Å²) >= 11 is 0.718. The highest BCUT2D eigenvalue weighted by atomic mass is 32.2. The van der Waals surface area contributed by atoms with Gasteiger partial charge in [-0.15, -0.1) is 11.3 Å². The van der Waals surface area contributed by atoms with Crippen molar-refractivity contribution >= 4 is 33.0 Å². The summed E-state index contributed by atoms with van der Waals surface area (Å²) in [4.78, 5) is 10.8. The van der Waals surface area contributed by atoms with Gasteiger partial charge in [-0.2, -0.15) is 0 Å². The Hall–Kier alpha value is -2.06. The minimum absolute atomic E-state index is 0.0160. The summed E-state index contributed by atoms with van der Waals surface area (Å²) in [7, 11) is -3.78. The number of hydrogen-bond donors (Lipinski definition) is 2.